The normalized spacial score (nSPS) is 14.0. The van der Waals surface area contributed by atoms with Gasteiger partial charge in [-0.25, -0.2) is 18.0 Å². The number of carboxylic acid groups (broad SMARTS) is 1. The maximum absolute atomic E-state index is 14.0. The highest BCUT2D eigenvalue weighted by Gasteiger charge is 2.25. The Morgan fingerprint density at radius 1 is 0.840 bits per heavy atom. The lowest BCUT2D eigenvalue weighted by Crippen LogP contribution is -2.36. The Morgan fingerprint density at radius 3 is 2.16 bits per heavy atom. The molecule has 1 aliphatic carbocycles. The summed E-state index contributed by atoms with van der Waals surface area (Å²) in [5.74, 6) is -1.50. The fourth-order valence-corrected chi connectivity index (χ4v) is 7.62. The molecule has 0 unspecified atom stereocenters. The fourth-order valence-electron chi connectivity index (χ4n) is 6.10. The van der Waals surface area contributed by atoms with Crippen molar-refractivity contribution in [2.45, 2.75) is 62.5 Å². The van der Waals surface area contributed by atoms with Gasteiger partial charge in [-0.3, -0.25) is 14.0 Å². The maximum Gasteiger partial charge on any atom is 0.334 e. The van der Waals surface area contributed by atoms with Crippen LogP contribution < -0.4 is 19.8 Å². The van der Waals surface area contributed by atoms with Gasteiger partial charge in [-0.15, -0.1) is 0 Å². The number of aliphatic hydroxyl groups excluding tert-OH is 1. The molecule has 0 aromatic heterocycles. The number of aliphatic hydroxyl groups is 1. The highest BCUT2D eigenvalue weighted by molar-refractivity contribution is 7.92. The van der Waals surface area contributed by atoms with Crippen LogP contribution in [-0.2, 0) is 21.4 Å². The van der Waals surface area contributed by atoms with E-state index in [0.29, 0.717) is 28.5 Å². The molecular weight excluding hydrogens is 657 g/mol. The van der Waals surface area contributed by atoms with Crippen LogP contribution >= 0.6 is 0 Å². The molecule has 12 heteroatoms. The van der Waals surface area contributed by atoms with E-state index in [1.54, 1.807) is 72.5 Å². The van der Waals surface area contributed by atoms with Gasteiger partial charge in [-0.1, -0.05) is 67.8 Å². The van der Waals surface area contributed by atoms with Gasteiger partial charge < -0.3 is 20.8 Å². The van der Waals surface area contributed by atoms with Crippen LogP contribution in [0.15, 0.2) is 108 Å². The number of benzene rings is 4. The second-order valence-electron chi connectivity index (χ2n) is 12.2. The summed E-state index contributed by atoms with van der Waals surface area (Å²) in [5.41, 5.74) is 3.67. The molecule has 1 fully saturated rings. The smallest absolute Gasteiger partial charge is 0.334 e. The molecule has 1 atom stereocenters. The average Bonchev–Trinajstić information content (AvgIpc) is 3.14. The number of hydrogen-bond donors (Lipinski definition) is 4. The van der Waals surface area contributed by atoms with E-state index in [1.165, 1.54) is 41.3 Å². The van der Waals surface area contributed by atoms with Crippen molar-refractivity contribution in [2.24, 2.45) is 0 Å². The van der Waals surface area contributed by atoms with Crippen molar-refractivity contribution in [3.63, 3.8) is 0 Å². The summed E-state index contributed by atoms with van der Waals surface area (Å²) >= 11 is 0. The molecule has 11 nitrogen and oxygen atoms in total. The lowest BCUT2D eigenvalue weighted by atomic mass is 9.84. The van der Waals surface area contributed by atoms with Crippen molar-refractivity contribution in [3.8, 4) is 0 Å². The number of para-hydroxylation sites is 1. The molecule has 50 heavy (non-hydrogen) atoms. The Hall–Kier alpha value is -5.20. The Morgan fingerprint density at radius 2 is 1.52 bits per heavy atom. The summed E-state index contributed by atoms with van der Waals surface area (Å²) in [6, 6.07) is 28.9. The van der Waals surface area contributed by atoms with Crippen molar-refractivity contribution in [1.82, 2.24) is 5.32 Å². The Balaban J connectivity index is 1.38. The van der Waals surface area contributed by atoms with Gasteiger partial charge in [-0.2, -0.15) is 0 Å². The molecule has 0 bridgehead atoms. The van der Waals surface area contributed by atoms with Crippen molar-refractivity contribution in [3.05, 3.63) is 120 Å². The van der Waals surface area contributed by atoms with Crippen molar-refractivity contribution < 1.29 is 33.0 Å². The monoisotopic (exact) mass is 698 g/mol. The van der Waals surface area contributed by atoms with Gasteiger partial charge in [0.25, 0.3) is 15.9 Å². The van der Waals surface area contributed by atoms with E-state index in [9.17, 15) is 27.9 Å². The highest BCUT2D eigenvalue weighted by atomic mass is 32.2. The van der Waals surface area contributed by atoms with Gasteiger partial charge >= 0.3 is 12.0 Å². The van der Waals surface area contributed by atoms with Crippen LogP contribution in [0, 0.1) is 0 Å². The van der Waals surface area contributed by atoms with Crippen LogP contribution in [0.1, 0.15) is 66.4 Å². The first-order valence-corrected chi connectivity index (χ1v) is 18.1. The zero-order valence-electron chi connectivity index (χ0n) is 27.9. The molecule has 4 aromatic rings. The van der Waals surface area contributed by atoms with Gasteiger partial charge in [0.2, 0.25) is 0 Å². The molecule has 0 aliphatic heterocycles. The number of nitrogens with zero attached hydrogens (tertiary/aromatic N) is 2. The molecule has 0 spiro atoms. The predicted molar refractivity (Wildman–Crippen MR) is 193 cm³/mol. The number of carbonyl (C=O) groups is 3. The molecule has 5 rings (SSSR count). The summed E-state index contributed by atoms with van der Waals surface area (Å²) in [6.07, 6.45) is 4.20. The molecule has 4 N–H and O–H groups in total. The van der Waals surface area contributed by atoms with Crippen LogP contribution in [0.2, 0.25) is 0 Å². The van der Waals surface area contributed by atoms with Crippen LogP contribution in [0.4, 0.5) is 21.9 Å². The zero-order chi connectivity index (χ0) is 35.7. The largest absolute Gasteiger partial charge is 0.479 e. The number of aliphatic carboxylic acids is 1. The first kappa shape index (κ1) is 36.1. The minimum absolute atomic E-state index is 0.0362. The summed E-state index contributed by atoms with van der Waals surface area (Å²) in [6.45, 7) is 1.67. The van der Waals surface area contributed by atoms with E-state index in [-0.39, 0.29) is 23.5 Å². The number of carbonyl (C=O) groups excluding carboxylic acids is 2. The molecule has 1 aliphatic rings. The Kier molecular flexibility index (Phi) is 11.9. The first-order valence-electron chi connectivity index (χ1n) is 16.7. The molecule has 0 radical (unpaired) electrons. The standard InChI is InChI=1S/C38H42N4O7S/c1-2-42(33-13-7-4-8-14-33)50(48,49)34-15-9-12-31(24-34)40-38(47)41(32-22-20-29(21-23-32)28-10-5-3-6-11-28)26-27-16-18-30(19-17-27)36(44)39-25-35(43)37(45)46/h4,7-9,12-24,28,35,43H,2-3,5-6,10-11,25-26H2,1H3,(H,39,44)(H,40,47)(H,45,46)/t35-/m1/s1. The Bertz CT molecular complexity index is 1880. The van der Waals surface area contributed by atoms with E-state index in [1.807, 2.05) is 18.2 Å². The lowest BCUT2D eigenvalue weighted by Gasteiger charge is -2.26. The maximum atomic E-state index is 14.0. The topological polar surface area (TPSA) is 156 Å². The molecule has 4 aromatic carbocycles. The third kappa shape index (κ3) is 8.87. The molecular formula is C38H42N4O7S. The summed E-state index contributed by atoms with van der Waals surface area (Å²) in [7, 11) is -3.93. The number of amides is 3. The van der Waals surface area contributed by atoms with Gasteiger partial charge in [0.1, 0.15) is 0 Å². The zero-order valence-corrected chi connectivity index (χ0v) is 28.7. The second-order valence-corrected chi connectivity index (χ2v) is 14.1. The number of rotatable bonds is 13. The minimum Gasteiger partial charge on any atom is -0.479 e. The summed E-state index contributed by atoms with van der Waals surface area (Å²) in [5, 5.41) is 23.6. The highest BCUT2D eigenvalue weighted by Crippen LogP contribution is 2.34. The van der Waals surface area contributed by atoms with Crippen LogP contribution in [0.3, 0.4) is 0 Å². The number of hydrogen-bond acceptors (Lipinski definition) is 6. The molecule has 1 saturated carbocycles. The minimum atomic E-state index is -3.93. The van der Waals surface area contributed by atoms with Gasteiger partial charge in [-0.05, 0) is 91.4 Å². The van der Waals surface area contributed by atoms with E-state index in [0.717, 1.165) is 12.8 Å². The molecule has 262 valence electrons. The number of urea groups is 1. The predicted octanol–water partition coefficient (Wildman–Crippen LogP) is 6.36. The Labute approximate surface area is 292 Å². The average molecular weight is 699 g/mol. The number of sulfonamides is 1. The third-order valence-electron chi connectivity index (χ3n) is 8.83. The summed E-state index contributed by atoms with van der Waals surface area (Å²) in [4.78, 5) is 38.9. The lowest BCUT2D eigenvalue weighted by molar-refractivity contribution is -0.146. The SMILES string of the molecule is CCN(c1ccccc1)S(=O)(=O)c1cccc(NC(=O)N(Cc2ccc(C(=O)NC[C@@H](O)C(=O)O)cc2)c2ccc(C3CCCCC3)cc2)c1. The second kappa shape index (κ2) is 16.5. The first-order chi connectivity index (χ1) is 24.1. The van der Waals surface area contributed by atoms with Gasteiger partial charge in [0, 0.05) is 23.5 Å². The van der Waals surface area contributed by atoms with Crippen molar-refractivity contribution in [2.75, 3.05) is 27.6 Å². The van der Waals surface area contributed by atoms with E-state index >= 15 is 0 Å². The molecule has 0 heterocycles. The molecule has 0 saturated heterocycles. The van der Waals surface area contributed by atoms with E-state index < -0.39 is 40.6 Å². The van der Waals surface area contributed by atoms with E-state index in [4.69, 9.17) is 5.11 Å². The van der Waals surface area contributed by atoms with Gasteiger partial charge in [0.15, 0.2) is 6.10 Å². The number of carboxylic acids is 1. The van der Waals surface area contributed by atoms with Crippen LogP contribution in [-0.4, -0.2) is 55.7 Å². The van der Waals surface area contributed by atoms with Crippen LogP contribution in [0.5, 0.6) is 0 Å². The quantitative estimate of drug-likeness (QED) is 0.127. The number of nitrogens with one attached hydrogen (secondary N) is 2. The van der Waals surface area contributed by atoms with Crippen molar-refractivity contribution in [1.29, 1.82) is 0 Å². The number of anilines is 3. The summed E-state index contributed by atoms with van der Waals surface area (Å²) < 4.78 is 28.7. The third-order valence-corrected chi connectivity index (χ3v) is 10.7. The molecule has 3 amide bonds. The fraction of sp³-hybridized carbons (Fsp3) is 0.289. The van der Waals surface area contributed by atoms with E-state index in [2.05, 4.69) is 22.8 Å². The van der Waals surface area contributed by atoms with Gasteiger partial charge in [0.05, 0.1) is 23.7 Å². The van der Waals surface area contributed by atoms with Crippen molar-refractivity contribution >= 4 is 45.0 Å². The van der Waals surface area contributed by atoms with Crippen LogP contribution in [0.25, 0.3) is 0 Å².